The van der Waals surface area contributed by atoms with E-state index in [0.717, 1.165) is 28.7 Å². The average Bonchev–Trinajstić information content (AvgIpc) is 2.85. The van der Waals surface area contributed by atoms with Gasteiger partial charge in [-0.25, -0.2) is 4.39 Å². The molecule has 0 unspecified atom stereocenters. The molecule has 0 radical (unpaired) electrons. The number of hydrogen-bond acceptors (Lipinski definition) is 2. The number of carbonyl (C=O) groups excluding carboxylic acids is 1. The second kappa shape index (κ2) is 6.87. The zero-order valence-electron chi connectivity index (χ0n) is 12.8. The Labute approximate surface area is 137 Å². The number of hydrogen-bond donors (Lipinski definition) is 0. The molecule has 0 atom stereocenters. The highest BCUT2D eigenvalue weighted by Crippen LogP contribution is 2.19. The smallest absolute Gasteiger partial charge is 0.252 e. The molecule has 0 spiro atoms. The van der Waals surface area contributed by atoms with Crippen LogP contribution in [0.15, 0.2) is 53.5 Å². The third kappa shape index (κ3) is 3.56. The van der Waals surface area contributed by atoms with Crippen LogP contribution in [0.2, 0.25) is 0 Å². The minimum atomic E-state index is -0.274. The van der Waals surface area contributed by atoms with Gasteiger partial charge in [0.25, 0.3) is 5.91 Å². The molecule has 0 aliphatic carbocycles. The zero-order chi connectivity index (χ0) is 16.2. The van der Waals surface area contributed by atoms with Crippen LogP contribution in [0.25, 0.3) is 10.2 Å². The molecule has 5 heteroatoms. The van der Waals surface area contributed by atoms with E-state index < -0.39 is 0 Å². The lowest BCUT2D eigenvalue weighted by atomic mass is 10.1. The molecule has 0 saturated carbocycles. The fraction of sp³-hybridized carbons (Fsp3) is 0.222. The molecule has 1 amide bonds. The average molecular weight is 328 g/mol. The molecule has 1 aromatic heterocycles. The predicted molar refractivity (Wildman–Crippen MR) is 90.8 cm³/mol. The second-order valence-electron chi connectivity index (χ2n) is 5.32. The molecule has 3 nitrogen and oxygen atoms in total. The zero-order valence-corrected chi connectivity index (χ0v) is 13.6. The topological polar surface area (TPSA) is 34.4 Å². The van der Waals surface area contributed by atoms with Crippen molar-refractivity contribution in [2.75, 3.05) is 0 Å². The Hall–Kier alpha value is -2.27. The number of aryl methyl sites for hydroxylation is 1. The fourth-order valence-corrected chi connectivity index (χ4v) is 3.59. The first-order valence-corrected chi connectivity index (χ1v) is 8.39. The van der Waals surface area contributed by atoms with Crippen molar-refractivity contribution in [3.05, 3.63) is 64.7 Å². The second-order valence-corrected chi connectivity index (χ2v) is 6.33. The molecule has 3 rings (SSSR count). The number of halogens is 1. The summed E-state index contributed by atoms with van der Waals surface area (Å²) in [6.07, 6.45) is 1.19. The minimum absolute atomic E-state index is 0.187. The molecule has 0 fully saturated rings. The Kier molecular flexibility index (Phi) is 4.67. The SMILES string of the molecule is CCCn1c(=NC(=O)Cc2ccccc2)sc2cc(F)ccc21. The van der Waals surface area contributed by atoms with Crippen molar-refractivity contribution in [2.45, 2.75) is 26.3 Å². The van der Waals surface area contributed by atoms with E-state index in [9.17, 15) is 9.18 Å². The number of carbonyl (C=O) groups is 1. The van der Waals surface area contributed by atoms with Crippen LogP contribution < -0.4 is 4.80 Å². The molecule has 0 aliphatic rings. The van der Waals surface area contributed by atoms with Crippen LogP contribution in [0.5, 0.6) is 0 Å². The Morgan fingerprint density at radius 3 is 2.74 bits per heavy atom. The molecule has 0 saturated heterocycles. The van der Waals surface area contributed by atoms with Crippen LogP contribution in [-0.4, -0.2) is 10.5 Å². The summed E-state index contributed by atoms with van der Waals surface area (Å²) in [6.45, 7) is 2.82. The van der Waals surface area contributed by atoms with Crippen molar-refractivity contribution in [1.82, 2.24) is 4.57 Å². The summed E-state index contributed by atoms with van der Waals surface area (Å²) in [7, 11) is 0. The normalized spacial score (nSPS) is 12.0. The van der Waals surface area contributed by atoms with Crippen LogP contribution in [0, 0.1) is 5.82 Å². The van der Waals surface area contributed by atoms with E-state index in [2.05, 4.69) is 11.9 Å². The molecule has 118 valence electrons. The van der Waals surface area contributed by atoms with E-state index in [1.54, 1.807) is 6.07 Å². The third-order valence-corrected chi connectivity index (χ3v) is 4.55. The number of aromatic nitrogens is 1. The molecular weight excluding hydrogens is 311 g/mol. The number of amides is 1. The van der Waals surface area contributed by atoms with Crippen molar-refractivity contribution >= 4 is 27.5 Å². The summed E-state index contributed by atoms with van der Waals surface area (Å²) >= 11 is 1.35. The molecule has 0 N–H and O–H groups in total. The molecular formula is C18H17FN2OS. The van der Waals surface area contributed by atoms with Crippen LogP contribution in [-0.2, 0) is 17.8 Å². The lowest BCUT2D eigenvalue weighted by Gasteiger charge is -2.02. The van der Waals surface area contributed by atoms with E-state index in [1.165, 1.54) is 23.5 Å². The third-order valence-electron chi connectivity index (χ3n) is 3.51. The van der Waals surface area contributed by atoms with Gasteiger partial charge in [-0.15, -0.1) is 0 Å². The first-order valence-electron chi connectivity index (χ1n) is 7.57. The highest BCUT2D eigenvalue weighted by atomic mass is 32.1. The van der Waals surface area contributed by atoms with Crippen LogP contribution >= 0.6 is 11.3 Å². The molecule has 0 aliphatic heterocycles. The quantitative estimate of drug-likeness (QED) is 0.715. The highest BCUT2D eigenvalue weighted by molar-refractivity contribution is 7.16. The summed E-state index contributed by atoms with van der Waals surface area (Å²) in [5.41, 5.74) is 1.86. The maximum atomic E-state index is 13.4. The van der Waals surface area contributed by atoms with Gasteiger partial charge in [-0.05, 0) is 30.2 Å². The minimum Gasteiger partial charge on any atom is -0.316 e. The van der Waals surface area contributed by atoms with Crippen molar-refractivity contribution in [1.29, 1.82) is 0 Å². The molecule has 1 heterocycles. The number of fused-ring (bicyclic) bond motifs is 1. The Bertz CT molecular complexity index is 896. The molecule has 23 heavy (non-hydrogen) atoms. The Morgan fingerprint density at radius 1 is 1.22 bits per heavy atom. The largest absolute Gasteiger partial charge is 0.316 e. The van der Waals surface area contributed by atoms with Gasteiger partial charge in [0.05, 0.1) is 16.6 Å². The summed E-state index contributed by atoms with van der Waals surface area (Å²) in [4.78, 5) is 17.1. The first kappa shape index (κ1) is 15.6. The lowest BCUT2D eigenvalue weighted by Crippen LogP contribution is -2.17. The van der Waals surface area contributed by atoms with Gasteiger partial charge in [0.2, 0.25) is 0 Å². The van der Waals surface area contributed by atoms with Crippen LogP contribution in [0.4, 0.5) is 4.39 Å². The summed E-state index contributed by atoms with van der Waals surface area (Å²) < 4.78 is 16.2. The van der Waals surface area contributed by atoms with Gasteiger partial charge in [0, 0.05) is 6.54 Å². The van der Waals surface area contributed by atoms with Crippen LogP contribution in [0.1, 0.15) is 18.9 Å². The Morgan fingerprint density at radius 2 is 2.00 bits per heavy atom. The maximum Gasteiger partial charge on any atom is 0.252 e. The van der Waals surface area contributed by atoms with Crippen molar-refractivity contribution in [3.8, 4) is 0 Å². The van der Waals surface area contributed by atoms with Gasteiger partial charge in [-0.3, -0.25) is 4.79 Å². The maximum absolute atomic E-state index is 13.4. The van der Waals surface area contributed by atoms with E-state index in [0.29, 0.717) is 4.80 Å². The van der Waals surface area contributed by atoms with Gasteiger partial charge < -0.3 is 4.57 Å². The number of benzene rings is 2. The number of rotatable bonds is 4. The number of thiazole rings is 1. The van der Waals surface area contributed by atoms with Crippen molar-refractivity contribution in [2.24, 2.45) is 4.99 Å². The van der Waals surface area contributed by atoms with E-state index >= 15 is 0 Å². The van der Waals surface area contributed by atoms with E-state index in [-0.39, 0.29) is 18.1 Å². The summed E-state index contributed by atoms with van der Waals surface area (Å²) in [5, 5.41) is 0. The number of nitrogens with zero attached hydrogens (tertiary/aromatic N) is 2. The monoisotopic (exact) mass is 328 g/mol. The van der Waals surface area contributed by atoms with Crippen molar-refractivity contribution < 1.29 is 9.18 Å². The van der Waals surface area contributed by atoms with Gasteiger partial charge in [-0.2, -0.15) is 4.99 Å². The van der Waals surface area contributed by atoms with E-state index in [4.69, 9.17) is 0 Å². The lowest BCUT2D eigenvalue weighted by molar-refractivity contribution is -0.117. The standard InChI is InChI=1S/C18H17FN2OS/c1-2-10-21-15-9-8-14(19)12-16(15)23-18(21)20-17(22)11-13-6-4-3-5-7-13/h3-9,12H,2,10-11H2,1H3. The van der Waals surface area contributed by atoms with Gasteiger partial charge in [-0.1, -0.05) is 48.6 Å². The van der Waals surface area contributed by atoms with E-state index in [1.807, 2.05) is 34.9 Å². The van der Waals surface area contributed by atoms with Gasteiger partial charge >= 0.3 is 0 Å². The van der Waals surface area contributed by atoms with Gasteiger partial charge in [0.1, 0.15) is 5.82 Å². The highest BCUT2D eigenvalue weighted by Gasteiger charge is 2.08. The molecule has 2 aromatic carbocycles. The molecule has 3 aromatic rings. The first-order chi connectivity index (χ1) is 11.2. The predicted octanol–water partition coefficient (Wildman–Crippen LogP) is 3.92. The summed E-state index contributed by atoms with van der Waals surface area (Å²) in [6, 6.07) is 14.2. The fourth-order valence-electron chi connectivity index (χ4n) is 2.49. The van der Waals surface area contributed by atoms with Gasteiger partial charge in [0.15, 0.2) is 4.80 Å². The molecule has 0 bridgehead atoms. The van der Waals surface area contributed by atoms with Crippen LogP contribution in [0.3, 0.4) is 0 Å². The van der Waals surface area contributed by atoms with Crippen molar-refractivity contribution in [3.63, 3.8) is 0 Å². The Balaban J connectivity index is 2.00. The summed E-state index contributed by atoms with van der Waals surface area (Å²) in [5.74, 6) is -0.461.